The molecule has 1 aromatic heterocycles. The summed E-state index contributed by atoms with van der Waals surface area (Å²) in [6, 6.07) is 6.04. The molecule has 0 spiro atoms. The van der Waals surface area contributed by atoms with Gasteiger partial charge in [-0.25, -0.2) is 0 Å². The first-order chi connectivity index (χ1) is 9.65. The zero-order valence-electron chi connectivity index (χ0n) is 11.8. The van der Waals surface area contributed by atoms with Crippen molar-refractivity contribution < 1.29 is 9.32 Å². The lowest BCUT2D eigenvalue weighted by Gasteiger charge is -2.28. The molecule has 1 unspecified atom stereocenters. The number of hydrogen-bond donors (Lipinski definition) is 1. The molecule has 0 aliphatic heterocycles. The minimum absolute atomic E-state index is 0.0648. The maximum absolute atomic E-state index is 12.1. The van der Waals surface area contributed by atoms with Gasteiger partial charge >= 0.3 is 0 Å². The van der Waals surface area contributed by atoms with E-state index < -0.39 is 0 Å². The third-order valence-electron chi connectivity index (χ3n) is 3.91. The van der Waals surface area contributed by atoms with E-state index in [0.717, 1.165) is 19.3 Å². The standard InChI is InChI=1S/C16H18N2O2/c1-10-8-11(2)12-4-3-5-14(13(12)9-10)18-16(19)15-6-7-17-20-15/h6-9,14H,3-5H2,1-2H3,(H,18,19). The minimum atomic E-state index is -0.195. The molecule has 1 aromatic carbocycles. The molecule has 1 heterocycles. The molecule has 0 saturated heterocycles. The highest BCUT2D eigenvalue weighted by Gasteiger charge is 2.24. The van der Waals surface area contributed by atoms with E-state index in [1.54, 1.807) is 6.07 Å². The molecule has 4 nitrogen and oxygen atoms in total. The predicted octanol–water partition coefficient (Wildman–Crippen LogP) is 3.10. The SMILES string of the molecule is Cc1cc(C)c2c(c1)C(NC(=O)c1ccno1)CCC2. The number of carbonyl (C=O) groups excluding carboxylic acids is 1. The van der Waals surface area contributed by atoms with Gasteiger partial charge in [0, 0.05) is 6.07 Å². The number of fused-ring (bicyclic) bond motifs is 1. The molecule has 0 bridgehead atoms. The van der Waals surface area contributed by atoms with Crippen molar-refractivity contribution in [2.45, 2.75) is 39.2 Å². The van der Waals surface area contributed by atoms with Gasteiger partial charge in [0.15, 0.2) is 0 Å². The van der Waals surface area contributed by atoms with Gasteiger partial charge in [0.05, 0.1) is 12.2 Å². The van der Waals surface area contributed by atoms with Crippen molar-refractivity contribution in [3.8, 4) is 0 Å². The number of nitrogens with zero attached hydrogens (tertiary/aromatic N) is 1. The first kappa shape index (κ1) is 12.9. The van der Waals surface area contributed by atoms with Crippen LogP contribution in [-0.2, 0) is 6.42 Å². The fourth-order valence-electron chi connectivity index (χ4n) is 3.03. The van der Waals surface area contributed by atoms with Crippen LogP contribution >= 0.6 is 0 Å². The Morgan fingerprint density at radius 3 is 3.00 bits per heavy atom. The fourth-order valence-corrected chi connectivity index (χ4v) is 3.03. The monoisotopic (exact) mass is 270 g/mol. The van der Waals surface area contributed by atoms with Crippen molar-refractivity contribution >= 4 is 5.91 Å². The average molecular weight is 270 g/mol. The van der Waals surface area contributed by atoms with Gasteiger partial charge in [-0.15, -0.1) is 0 Å². The zero-order chi connectivity index (χ0) is 14.1. The first-order valence-electron chi connectivity index (χ1n) is 6.96. The summed E-state index contributed by atoms with van der Waals surface area (Å²) < 4.78 is 4.91. The second-order valence-electron chi connectivity index (χ2n) is 5.44. The molecule has 1 N–H and O–H groups in total. The first-order valence-corrected chi connectivity index (χ1v) is 6.96. The number of hydrogen-bond acceptors (Lipinski definition) is 3. The highest BCUT2D eigenvalue weighted by Crippen LogP contribution is 2.32. The van der Waals surface area contributed by atoms with Crippen molar-refractivity contribution in [3.63, 3.8) is 0 Å². The smallest absolute Gasteiger partial charge is 0.290 e. The summed E-state index contributed by atoms with van der Waals surface area (Å²) >= 11 is 0. The van der Waals surface area contributed by atoms with Gasteiger partial charge in [-0.1, -0.05) is 22.9 Å². The van der Waals surface area contributed by atoms with Crippen LogP contribution in [0.3, 0.4) is 0 Å². The average Bonchev–Trinajstić information content (AvgIpc) is 2.93. The Morgan fingerprint density at radius 2 is 2.25 bits per heavy atom. The molecule has 0 fully saturated rings. The summed E-state index contributed by atoms with van der Waals surface area (Å²) in [5.41, 5.74) is 5.19. The number of carbonyl (C=O) groups is 1. The molecular formula is C16H18N2O2. The molecule has 20 heavy (non-hydrogen) atoms. The largest absolute Gasteiger partial charge is 0.351 e. The Kier molecular flexibility index (Phi) is 3.30. The molecule has 2 aromatic rings. The number of benzene rings is 1. The van der Waals surface area contributed by atoms with Gasteiger partial charge < -0.3 is 9.84 Å². The number of aryl methyl sites for hydroxylation is 2. The predicted molar refractivity (Wildman–Crippen MR) is 75.6 cm³/mol. The van der Waals surface area contributed by atoms with E-state index in [4.69, 9.17) is 4.52 Å². The quantitative estimate of drug-likeness (QED) is 0.912. The highest BCUT2D eigenvalue weighted by atomic mass is 16.5. The second-order valence-corrected chi connectivity index (χ2v) is 5.44. The van der Waals surface area contributed by atoms with Gasteiger partial charge in [0.1, 0.15) is 0 Å². The van der Waals surface area contributed by atoms with E-state index in [-0.39, 0.29) is 17.7 Å². The molecular weight excluding hydrogens is 252 g/mol. The Bertz CT molecular complexity index is 632. The summed E-state index contributed by atoms with van der Waals surface area (Å²) in [5.74, 6) is 0.0704. The molecule has 3 rings (SSSR count). The van der Waals surface area contributed by atoms with Crippen LogP contribution in [0.25, 0.3) is 0 Å². The third-order valence-corrected chi connectivity index (χ3v) is 3.91. The molecule has 1 amide bonds. The van der Waals surface area contributed by atoms with Gasteiger partial charge in [0.2, 0.25) is 5.76 Å². The van der Waals surface area contributed by atoms with E-state index in [0.29, 0.717) is 0 Å². The van der Waals surface area contributed by atoms with Crippen LogP contribution in [0.5, 0.6) is 0 Å². The summed E-state index contributed by atoms with van der Waals surface area (Å²) in [6.45, 7) is 4.24. The van der Waals surface area contributed by atoms with Crippen LogP contribution in [0.1, 0.15) is 51.7 Å². The van der Waals surface area contributed by atoms with E-state index in [9.17, 15) is 4.79 Å². The number of rotatable bonds is 2. The molecule has 0 saturated carbocycles. The van der Waals surface area contributed by atoms with E-state index in [1.807, 2.05) is 0 Å². The number of amides is 1. The van der Waals surface area contributed by atoms with Crippen LogP contribution in [0.2, 0.25) is 0 Å². The maximum atomic E-state index is 12.1. The van der Waals surface area contributed by atoms with E-state index in [1.165, 1.54) is 28.5 Å². The molecule has 104 valence electrons. The van der Waals surface area contributed by atoms with Crippen molar-refractivity contribution in [2.24, 2.45) is 0 Å². The van der Waals surface area contributed by atoms with Crippen LogP contribution < -0.4 is 5.32 Å². The second kappa shape index (κ2) is 5.12. The van der Waals surface area contributed by atoms with Crippen molar-refractivity contribution in [2.75, 3.05) is 0 Å². The Morgan fingerprint density at radius 1 is 1.40 bits per heavy atom. The van der Waals surface area contributed by atoms with Crippen LogP contribution in [0.15, 0.2) is 28.9 Å². The summed E-state index contributed by atoms with van der Waals surface area (Å²) in [7, 11) is 0. The van der Waals surface area contributed by atoms with Crippen LogP contribution in [-0.4, -0.2) is 11.1 Å². The molecule has 1 atom stereocenters. The van der Waals surface area contributed by atoms with Crippen LogP contribution in [0, 0.1) is 13.8 Å². The minimum Gasteiger partial charge on any atom is -0.351 e. The molecule has 4 heteroatoms. The molecule has 0 radical (unpaired) electrons. The summed E-state index contributed by atoms with van der Waals surface area (Å²) in [4.78, 5) is 12.1. The lowest BCUT2D eigenvalue weighted by molar-refractivity contribution is 0.0895. The number of nitrogens with one attached hydrogen (secondary N) is 1. The van der Waals surface area contributed by atoms with E-state index in [2.05, 4.69) is 36.5 Å². The van der Waals surface area contributed by atoms with Gasteiger partial charge in [-0.3, -0.25) is 4.79 Å². The lowest BCUT2D eigenvalue weighted by Crippen LogP contribution is -2.31. The van der Waals surface area contributed by atoms with Crippen molar-refractivity contribution in [3.05, 3.63) is 52.4 Å². The summed E-state index contributed by atoms with van der Waals surface area (Å²) in [6.07, 6.45) is 4.64. The van der Waals surface area contributed by atoms with E-state index >= 15 is 0 Å². The normalized spacial score (nSPS) is 17.6. The zero-order valence-corrected chi connectivity index (χ0v) is 11.8. The van der Waals surface area contributed by atoms with Crippen LogP contribution in [0.4, 0.5) is 0 Å². The number of aromatic nitrogens is 1. The highest BCUT2D eigenvalue weighted by molar-refractivity contribution is 5.91. The third kappa shape index (κ3) is 2.33. The Labute approximate surface area is 118 Å². The fraction of sp³-hybridized carbons (Fsp3) is 0.375. The Hall–Kier alpha value is -2.10. The Balaban J connectivity index is 1.88. The molecule has 1 aliphatic rings. The summed E-state index contributed by atoms with van der Waals surface area (Å²) in [5, 5.41) is 6.63. The van der Waals surface area contributed by atoms with Crippen molar-refractivity contribution in [1.29, 1.82) is 0 Å². The maximum Gasteiger partial charge on any atom is 0.290 e. The van der Waals surface area contributed by atoms with Gasteiger partial charge in [0.25, 0.3) is 5.91 Å². The molecule has 1 aliphatic carbocycles. The topological polar surface area (TPSA) is 55.1 Å². The van der Waals surface area contributed by atoms with Gasteiger partial charge in [-0.05, 0) is 49.8 Å². The van der Waals surface area contributed by atoms with Gasteiger partial charge in [-0.2, -0.15) is 0 Å². The lowest BCUT2D eigenvalue weighted by atomic mass is 9.84. The van der Waals surface area contributed by atoms with Crippen molar-refractivity contribution in [1.82, 2.24) is 10.5 Å².